The van der Waals surface area contributed by atoms with Gasteiger partial charge in [-0.05, 0) is 24.3 Å². The Labute approximate surface area is 132 Å². The largest absolute Gasteiger partial charge is 0.508 e. The predicted molar refractivity (Wildman–Crippen MR) is 80.0 cm³/mol. The highest BCUT2D eigenvalue weighted by Crippen LogP contribution is 2.33. The van der Waals surface area contributed by atoms with Crippen molar-refractivity contribution in [3.8, 4) is 23.3 Å². The molecule has 0 fully saturated rings. The SMILES string of the molecule is N#CCOc1c(Cl)cc(Cl)cc1COc1cccc(O)c1. The summed E-state index contributed by atoms with van der Waals surface area (Å²) in [5.41, 5.74) is 0.617. The highest BCUT2D eigenvalue weighted by atomic mass is 35.5. The van der Waals surface area contributed by atoms with Crippen LogP contribution in [0, 0.1) is 11.3 Å². The molecular formula is C15H11Cl2NO3. The van der Waals surface area contributed by atoms with E-state index in [1.165, 1.54) is 12.1 Å². The summed E-state index contributed by atoms with van der Waals surface area (Å²) in [7, 11) is 0. The van der Waals surface area contributed by atoms with E-state index in [4.69, 9.17) is 37.9 Å². The van der Waals surface area contributed by atoms with E-state index in [-0.39, 0.29) is 19.0 Å². The fourth-order valence-electron chi connectivity index (χ4n) is 1.72. The molecule has 0 saturated carbocycles. The molecule has 1 N–H and O–H groups in total. The lowest BCUT2D eigenvalue weighted by atomic mass is 10.2. The zero-order valence-electron chi connectivity index (χ0n) is 10.8. The predicted octanol–water partition coefficient (Wildman–Crippen LogP) is 4.18. The summed E-state index contributed by atoms with van der Waals surface area (Å²) in [6.07, 6.45) is 0. The molecule has 0 radical (unpaired) electrons. The summed E-state index contributed by atoms with van der Waals surface area (Å²) in [6.45, 7) is 0.0188. The maximum atomic E-state index is 9.39. The van der Waals surface area contributed by atoms with Gasteiger partial charge in [-0.3, -0.25) is 0 Å². The van der Waals surface area contributed by atoms with Crippen LogP contribution < -0.4 is 9.47 Å². The molecule has 2 aromatic rings. The number of nitriles is 1. The normalized spacial score (nSPS) is 9.95. The number of benzene rings is 2. The molecule has 0 heterocycles. The van der Waals surface area contributed by atoms with Crippen molar-refractivity contribution in [2.75, 3.05) is 6.61 Å². The zero-order valence-corrected chi connectivity index (χ0v) is 12.4. The average molecular weight is 324 g/mol. The van der Waals surface area contributed by atoms with Gasteiger partial charge in [0, 0.05) is 16.7 Å². The number of ether oxygens (including phenoxy) is 2. The molecule has 6 heteroatoms. The molecule has 0 spiro atoms. The Morgan fingerprint density at radius 1 is 1.14 bits per heavy atom. The lowest BCUT2D eigenvalue weighted by Gasteiger charge is -2.13. The van der Waals surface area contributed by atoms with Crippen LogP contribution in [-0.4, -0.2) is 11.7 Å². The Hall–Kier alpha value is -2.09. The molecule has 21 heavy (non-hydrogen) atoms. The highest BCUT2D eigenvalue weighted by Gasteiger charge is 2.12. The first-order valence-electron chi connectivity index (χ1n) is 5.99. The summed E-state index contributed by atoms with van der Waals surface area (Å²) in [4.78, 5) is 0. The lowest BCUT2D eigenvalue weighted by Crippen LogP contribution is -2.02. The van der Waals surface area contributed by atoms with Crippen molar-refractivity contribution >= 4 is 23.2 Å². The lowest BCUT2D eigenvalue weighted by molar-refractivity contribution is 0.290. The summed E-state index contributed by atoms with van der Waals surface area (Å²) in [5, 5.41) is 18.7. The number of halogens is 2. The van der Waals surface area contributed by atoms with Gasteiger partial charge in [-0.25, -0.2) is 0 Å². The molecule has 0 aliphatic rings. The van der Waals surface area contributed by atoms with E-state index >= 15 is 0 Å². The number of hydrogen-bond acceptors (Lipinski definition) is 4. The van der Waals surface area contributed by atoms with Crippen LogP contribution in [0.4, 0.5) is 0 Å². The standard InChI is InChI=1S/C15H11Cl2NO3/c16-11-6-10(15(14(17)7-11)20-5-4-18)9-21-13-3-1-2-12(19)8-13/h1-3,6-8,19H,5,9H2. The smallest absolute Gasteiger partial charge is 0.174 e. The number of hydrogen-bond donors (Lipinski definition) is 1. The van der Waals surface area contributed by atoms with Gasteiger partial charge in [0.25, 0.3) is 0 Å². The highest BCUT2D eigenvalue weighted by molar-refractivity contribution is 6.35. The van der Waals surface area contributed by atoms with Gasteiger partial charge in [-0.1, -0.05) is 29.3 Å². The molecule has 0 amide bonds. The Morgan fingerprint density at radius 2 is 1.95 bits per heavy atom. The van der Waals surface area contributed by atoms with Crippen LogP contribution in [-0.2, 0) is 6.61 Å². The van der Waals surface area contributed by atoms with Gasteiger partial charge in [0.2, 0.25) is 0 Å². The van der Waals surface area contributed by atoms with E-state index < -0.39 is 0 Å². The number of rotatable bonds is 5. The van der Waals surface area contributed by atoms with Crippen LogP contribution in [0.5, 0.6) is 17.2 Å². The van der Waals surface area contributed by atoms with Crippen LogP contribution >= 0.6 is 23.2 Å². The topological polar surface area (TPSA) is 62.5 Å². The Morgan fingerprint density at radius 3 is 2.67 bits per heavy atom. The number of phenolic OH excluding ortho intramolecular Hbond substituents is 1. The number of nitrogens with zero attached hydrogens (tertiary/aromatic N) is 1. The third-order valence-electron chi connectivity index (χ3n) is 2.58. The first-order valence-corrected chi connectivity index (χ1v) is 6.75. The quantitative estimate of drug-likeness (QED) is 0.896. The molecule has 0 aliphatic heterocycles. The third-order valence-corrected chi connectivity index (χ3v) is 3.08. The molecule has 0 saturated heterocycles. The van der Waals surface area contributed by atoms with E-state index in [0.29, 0.717) is 27.1 Å². The summed E-state index contributed by atoms with van der Waals surface area (Å²) < 4.78 is 10.9. The minimum absolute atomic E-state index is 0.109. The van der Waals surface area contributed by atoms with Gasteiger partial charge in [0.05, 0.1) is 5.02 Å². The monoisotopic (exact) mass is 323 g/mol. The second-order valence-electron chi connectivity index (χ2n) is 4.11. The number of aromatic hydroxyl groups is 1. The van der Waals surface area contributed by atoms with Crippen LogP contribution in [0.1, 0.15) is 5.56 Å². The molecule has 0 unspecified atom stereocenters. The van der Waals surface area contributed by atoms with Crippen LogP contribution in [0.2, 0.25) is 10.0 Å². The first kappa shape index (κ1) is 15.3. The van der Waals surface area contributed by atoms with Crippen LogP contribution in [0.25, 0.3) is 0 Å². The maximum Gasteiger partial charge on any atom is 0.174 e. The van der Waals surface area contributed by atoms with Crippen molar-refractivity contribution in [1.29, 1.82) is 5.26 Å². The molecule has 0 aliphatic carbocycles. The van der Waals surface area contributed by atoms with E-state index in [2.05, 4.69) is 0 Å². The molecule has 0 bridgehead atoms. The van der Waals surface area contributed by atoms with E-state index in [1.54, 1.807) is 24.3 Å². The van der Waals surface area contributed by atoms with Gasteiger partial charge in [-0.15, -0.1) is 0 Å². The molecule has 2 aromatic carbocycles. The molecular weight excluding hydrogens is 313 g/mol. The Balaban J connectivity index is 2.20. The van der Waals surface area contributed by atoms with Gasteiger partial charge in [0.1, 0.15) is 29.9 Å². The number of phenols is 1. The minimum Gasteiger partial charge on any atom is -0.508 e. The minimum atomic E-state index is -0.125. The molecule has 0 aromatic heterocycles. The first-order chi connectivity index (χ1) is 10.1. The fraction of sp³-hybridized carbons (Fsp3) is 0.133. The Bertz CT molecular complexity index is 683. The van der Waals surface area contributed by atoms with Gasteiger partial charge >= 0.3 is 0 Å². The third kappa shape index (κ3) is 4.19. The molecule has 0 atom stereocenters. The molecule has 4 nitrogen and oxygen atoms in total. The summed E-state index contributed by atoms with van der Waals surface area (Å²) in [6, 6.07) is 11.5. The van der Waals surface area contributed by atoms with Crippen molar-refractivity contribution in [2.45, 2.75) is 6.61 Å². The average Bonchev–Trinajstić information content (AvgIpc) is 2.44. The second kappa shape index (κ2) is 7.07. The van der Waals surface area contributed by atoms with Crippen LogP contribution in [0.15, 0.2) is 36.4 Å². The molecule has 108 valence electrons. The van der Waals surface area contributed by atoms with E-state index in [9.17, 15) is 5.11 Å². The van der Waals surface area contributed by atoms with Crippen molar-refractivity contribution < 1.29 is 14.6 Å². The van der Waals surface area contributed by atoms with Gasteiger partial charge < -0.3 is 14.6 Å². The Kier molecular flexibility index (Phi) is 5.15. The van der Waals surface area contributed by atoms with Gasteiger partial charge in [-0.2, -0.15) is 5.26 Å². The van der Waals surface area contributed by atoms with E-state index in [0.717, 1.165) is 0 Å². The van der Waals surface area contributed by atoms with Crippen molar-refractivity contribution in [3.63, 3.8) is 0 Å². The zero-order chi connectivity index (χ0) is 15.2. The fourth-order valence-corrected chi connectivity index (χ4v) is 2.31. The molecule has 2 rings (SSSR count). The van der Waals surface area contributed by atoms with Crippen molar-refractivity contribution in [3.05, 3.63) is 52.0 Å². The van der Waals surface area contributed by atoms with Crippen molar-refractivity contribution in [2.24, 2.45) is 0 Å². The maximum absolute atomic E-state index is 9.39. The van der Waals surface area contributed by atoms with Crippen LogP contribution in [0.3, 0.4) is 0 Å². The van der Waals surface area contributed by atoms with Gasteiger partial charge in [0.15, 0.2) is 6.61 Å². The second-order valence-corrected chi connectivity index (χ2v) is 4.95. The summed E-state index contributed by atoms with van der Waals surface area (Å²) >= 11 is 12.0. The van der Waals surface area contributed by atoms with Crippen molar-refractivity contribution in [1.82, 2.24) is 0 Å². The summed E-state index contributed by atoms with van der Waals surface area (Å²) in [5.74, 6) is 0.970. The van der Waals surface area contributed by atoms with E-state index in [1.807, 2.05) is 6.07 Å².